The fourth-order valence-electron chi connectivity index (χ4n) is 2.42. The van der Waals surface area contributed by atoms with Gasteiger partial charge in [0.1, 0.15) is 17.1 Å². The van der Waals surface area contributed by atoms with Crippen LogP contribution in [0.15, 0.2) is 18.2 Å². The number of phenolic OH excluding ortho intramolecular Hbond substituents is 2. The molecule has 1 fully saturated rings. The van der Waals surface area contributed by atoms with Gasteiger partial charge in [0.25, 0.3) is 5.91 Å². The van der Waals surface area contributed by atoms with Crippen LogP contribution in [-0.4, -0.2) is 22.2 Å². The highest BCUT2D eigenvalue weighted by molar-refractivity contribution is 5.99. The fourth-order valence-corrected chi connectivity index (χ4v) is 2.42. The number of carbonyl (C=O) groups is 1. The van der Waals surface area contributed by atoms with Crippen LogP contribution in [0.3, 0.4) is 0 Å². The lowest BCUT2D eigenvalue weighted by molar-refractivity contribution is 0.0917. The summed E-state index contributed by atoms with van der Waals surface area (Å²) in [5, 5.41) is 22.1. The lowest BCUT2D eigenvalue weighted by Gasteiger charge is -2.27. The molecule has 0 aliphatic heterocycles. The molecule has 1 saturated carbocycles. The minimum absolute atomic E-state index is 0.0314. The number of rotatable bonds is 2. The van der Waals surface area contributed by atoms with Gasteiger partial charge in [0.15, 0.2) is 0 Å². The first-order chi connectivity index (χ1) is 8.58. The summed E-state index contributed by atoms with van der Waals surface area (Å²) in [6.45, 7) is 2.22. The third-order valence-corrected chi connectivity index (χ3v) is 3.60. The first-order valence-corrected chi connectivity index (χ1v) is 6.39. The third-order valence-electron chi connectivity index (χ3n) is 3.60. The van der Waals surface area contributed by atoms with E-state index in [4.69, 9.17) is 0 Å². The molecule has 0 atom stereocenters. The number of hydrogen-bond donors (Lipinski definition) is 3. The maximum absolute atomic E-state index is 12.0. The summed E-state index contributed by atoms with van der Waals surface area (Å²) in [4.78, 5) is 12.0. The second-order valence-electron chi connectivity index (χ2n) is 5.10. The van der Waals surface area contributed by atoms with E-state index in [0.29, 0.717) is 0 Å². The molecule has 98 valence electrons. The number of benzene rings is 1. The summed E-state index contributed by atoms with van der Waals surface area (Å²) >= 11 is 0. The second kappa shape index (κ2) is 5.29. The average molecular weight is 249 g/mol. The molecule has 4 heteroatoms. The number of amides is 1. The Kier molecular flexibility index (Phi) is 3.75. The van der Waals surface area contributed by atoms with E-state index in [0.717, 1.165) is 31.6 Å². The molecule has 1 aliphatic rings. The van der Waals surface area contributed by atoms with E-state index in [2.05, 4.69) is 12.2 Å². The number of phenols is 2. The van der Waals surface area contributed by atoms with Crippen molar-refractivity contribution in [3.63, 3.8) is 0 Å². The molecular formula is C14H19NO3. The van der Waals surface area contributed by atoms with Gasteiger partial charge in [0.2, 0.25) is 0 Å². The largest absolute Gasteiger partial charge is 0.507 e. The highest BCUT2D eigenvalue weighted by Crippen LogP contribution is 2.28. The van der Waals surface area contributed by atoms with Crippen molar-refractivity contribution in [2.75, 3.05) is 0 Å². The zero-order valence-electron chi connectivity index (χ0n) is 10.5. The van der Waals surface area contributed by atoms with E-state index >= 15 is 0 Å². The molecular weight excluding hydrogens is 230 g/mol. The van der Waals surface area contributed by atoms with Crippen LogP contribution in [-0.2, 0) is 0 Å². The van der Waals surface area contributed by atoms with E-state index in [1.165, 1.54) is 18.2 Å². The number of carbonyl (C=O) groups excluding carboxylic acids is 1. The van der Waals surface area contributed by atoms with Gasteiger partial charge in [-0.2, -0.15) is 0 Å². The van der Waals surface area contributed by atoms with Gasteiger partial charge in [0, 0.05) is 6.04 Å². The van der Waals surface area contributed by atoms with Crippen molar-refractivity contribution < 1.29 is 15.0 Å². The minimum Gasteiger partial charge on any atom is -0.507 e. The molecule has 1 aromatic rings. The molecule has 1 amide bonds. The first kappa shape index (κ1) is 12.7. The molecule has 0 heterocycles. The monoisotopic (exact) mass is 249 g/mol. The summed E-state index contributed by atoms with van der Waals surface area (Å²) < 4.78 is 0. The average Bonchev–Trinajstić information content (AvgIpc) is 2.32. The Bertz CT molecular complexity index is 416. The SMILES string of the molecule is CC1CCC(NC(=O)c2c(O)cccc2O)CC1. The molecule has 0 spiro atoms. The zero-order chi connectivity index (χ0) is 13.1. The summed E-state index contributed by atoms with van der Waals surface area (Å²) in [6.07, 6.45) is 4.14. The molecule has 0 radical (unpaired) electrons. The van der Waals surface area contributed by atoms with Crippen LogP contribution in [0, 0.1) is 5.92 Å². The molecule has 0 saturated heterocycles. The van der Waals surface area contributed by atoms with Crippen LogP contribution in [0.1, 0.15) is 43.0 Å². The van der Waals surface area contributed by atoms with Gasteiger partial charge in [-0.25, -0.2) is 0 Å². The first-order valence-electron chi connectivity index (χ1n) is 6.39. The fraction of sp³-hybridized carbons (Fsp3) is 0.500. The van der Waals surface area contributed by atoms with Crippen molar-refractivity contribution in [2.45, 2.75) is 38.6 Å². The molecule has 3 N–H and O–H groups in total. The van der Waals surface area contributed by atoms with Crippen LogP contribution < -0.4 is 5.32 Å². The molecule has 4 nitrogen and oxygen atoms in total. The van der Waals surface area contributed by atoms with Crippen molar-refractivity contribution in [1.29, 1.82) is 0 Å². The van der Waals surface area contributed by atoms with Gasteiger partial charge in [-0.05, 0) is 43.7 Å². The highest BCUT2D eigenvalue weighted by Gasteiger charge is 2.23. The summed E-state index contributed by atoms with van der Waals surface area (Å²) in [7, 11) is 0. The van der Waals surface area contributed by atoms with Crippen molar-refractivity contribution in [1.82, 2.24) is 5.32 Å². The molecule has 0 bridgehead atoms. The Labute approximate surface area is 107 Å². The second-order valence-corrected chi connectivity index (χ2v) is 5.10. The Balaban J connectivity index is 2.04. The lowest BCUT2D eigenvalue weighted by atomic mass is 9.87. The molecule has 0 unspecified atom stereocenters. The van der Waals surface area contributed by atoms with E-state index in [1.54, 1.807) is 0 Å². The van der Waals surface area contributed by atoms with E-state index < -0.39 is 5.91 Å². The van der Waals surface area contributed by atoms with Crippen molar-refractivity contribution >= 4 is 5.91 Å². The van der Waals surface area contributed by atoms with Crippen LogP contribution in [0.4, 0.5) is 0 Å². The number of hydrogen-bond acceptors (Lipinski definition) is 3. The van der Waals surface area contributed by atoms with E-state index in [1.807, 2.05) is 0 Å². The predicted molar refractivity (Wildman–Crippen MR) is 68.7 cm³/mol. The van der Waals surface area contributed by atoms with E-state index in [-0.39, 0.29) is 23.1 Å². The summed E-state index contributed by atoms with van der Waals surface area (Å²) in [5.41, 5.74) is -0.0314. The maximum atomic E-state index is 12.0. The lowest BCUT2D eigenvalue weighted by Crippen LogP contribution is -2.37. The summed E-state index contributed by atoms with van der Waals surface area (Å²) in [6, 6.07) is 4.45. The third kappa shape index (κ3) is 2.75. The number of aromatic hydroxyl groups is 2. The standard InChI is InChI=1S/C14H19NO3/c1-9-5-7-10(8-6-9)15-14(18)13-11(16)3-2-4-12(13)17/h2-4,9-10,16-17H,5-8H2,1H3,(H,15,18). The Morgan fingerprint density at radius 1 is 1.17 bits per heavy atom. The molecule has 18 heavy (non-hydrogen) atoms. The van der Waals surface area contributed by atoms with Gasteiger partial charge in [-0.1, -0.05) is 13.0 Å². The van der Waals surface area contributed by atoms with Crippen molar-refractivity contribution in [2.24, 2.45) is 5.92 Å². The van der Waals surface area contributed by atoms with Gasteiger partial charge in [-0.3, -0.25) is 4.79 Å². The highest BCUT2D eigenvalue weighted by atomic mass is 16.3. The Morgan fingerprint density at radius 3 is 2.28 bits per heavy atom. The van der Waals surface area contributed by atoms with Crippen LogP contribution in [0.25, 0.3) is 0 Å². The Morgan fingerprint density at radius 2 is 1.72 bits per heavy atom. The maximum Gasteiger partial charge on any atom is 0.259 e. The van der Waals surface area contributed by atoms with Crippen molar-refractivity contribution in [3.05, 3.63) is 23.8 Å². The van der Waals surface area contributed by atoms with Crippen LogP contribution >= 0.6 is 0 Å². The Hall–Kier alpha value is -1.71. The van der Waals surface area contributed by atoms with Crippen LogP contribution in [0.2, 0.25) is 0 Å². The molecule has 1 aliphatic carbocycles. The minimum atomic E-state index is -0.398. The normalized spacial score (nSPS) is 23.6. The number of nitrogens with one attached hydrogen (secondary N) is 1. The molecule has 2 rings (SSSR count). The summed E-state index contributed by atoms with van der Waals surface area (Å²) in [5.74, 6) is -0.0461. The van der Waals surface area contributed by atoms with Gasteiger partial charge in [-0.15, -0.1) is 0 Å². The van der Waals surface area contributed by atoms with Crippen LogP contribution in [0.5, 0.6) is 11.5 Å². The zero-order valence-corrected chi connectivity index (χ0v) is 10.5. The van der Waals surface area contributed by atoms with E-state index in [9.17, 15) is 15.0 Å². The topological polar surface area (TPSA) is 69.6 Å². The van der Waals surface area contributed by atoms with Gasteiger partial charge >= 0.3 is 0 Å². The van der Waals surface area contributed by atoms with Crippen molar-refractivity contribution in [3.8, 4) is 11.5 Å². The van der Waals surface area contributed by atoms with Gasteiger partial charge in [0.05, 0.1) is 0 Å². The predicted octanol–water partition coefficient (Wildman–Crippen LogP) is 2.41. The quantitative estimate of drug-likeness (QED) is 0.753. The molecule has 0 aromatic heterocycles. The molecule has 1 aromatic carbocycles. The smallest absolute Gasteiger partial charge is 0.259 e. The van der Waals surface area contributed by atoms with Gasteiger partial charge < -0.3 is 15.5 Å².